The van der Waals surface area contributed by atoms with Crippen LogP contribution in [0.3, 0.4) is 0 Å². The smallest absolute Gasteiger partial charge is 0.223 e. The molecule has 1 aliphatic heterocycles. The van der Waals surface area contributed by atoms with Crippen LogP contribution >= 0.6 is 0 Å². The van der Waals surface area contributed by atoms with Crippen molar-refractivity contribution in [2.45, 2.75) is 77.3 Å². The number of benzene rings is 1. The highest BCUT2D eigenvalue weighted by Gasteiger charge is 2.26. The van der Waals surface area contributed by atoms with Crippen molar-refractivity contribution in [3.63, 3.8) is 0 Å². The second-order valence-corrected chi connectivity index (χ2v) is 8.18. The highest BCUT2D eigenvalue weighted by atomic mass is 16.5. The lowest BCUT2D eigenvalue weighted by molar-refractivity contribution is -0.127. The minimum atomic E-state index is 0.196. The summed E-state index contributed by atoms with van der Waals surface area (Å²) in [7, 11) is 0. The number of hydrogen-bond acceptors (Lipinski definition) is 3. The number of amides is 1. The van der Waals surface area contributed by atoms with Crippen molar-refractivity contribution in [3.8, 4) is 5.75 Å². The summed E-state index contributed by atoms with van der Waals surface area (Å²) in [5.74, 6) is 1.45. The molecule has 2 aliphatic rings. The summed E-state index contributed by atoms with van der Waals surface area (Å²) in [6, 6.07) is 8.79. The van der Waals surface area contributed by atoms with Gasteiger partial charge in [-0.2, -0.15) is 0 Å². The van der Waals surface area contributed by atoms with E-state index >= 15 is 0 Å². The number of hydrogen-bond donors (Lipinski definition) is 1. The molecule has 1 heterocycles. The SMILES string of the molecule is CCOc1cccc(CN2CCC(C(=O)NC3CCCCCCC3)CC2)c1. The topological polar surface area (TPSA) is 41.6 Å². The Morgan fingerprint density at radius 2 is 1.78 bits per heavy atom. The largest absolute Gasteiger partial charge is 0.494 e. The molecule has 0 radical (unpaired) electrons. The van der Waals surface area contributed by atoms with Crippen LogP contribution in [0.5, 0.6) is 5.75 Å². The van der Waals surface area contributed by atoms with Crippen LogP contribution in [-0.4, -0.2) is 36.5 Å². The summed E-state index contributed by atoms with van der Waals surface area (Å²) in [6.07, 6.45) is 10.8. The molecule has 3 rings (SSSR count). The fourth-order valence-electron chi connectivity index (χ4n) is 4.43. The summed E-state index contributed by atoms with van der Waals surface area (Å²) in [6.45, 7) is 5.66. The number of piperidine rings is 1. The Hall–Kier alpha value is -1.55. The molecule has 1 amide bonds. The number of nitrogens with zero attached hydrogens (tertiary/aromatic N) is 1. The molecule has 27 heavy (non-hydrogen) atoms. The van der Waals surface area contributed by atoms with E-state index in [4.69, 9.17) is 4.74 Å². The number of likely N-dealkylation sites (tertiary alicyclic amines) is 1. The lowest BCUT2D eigenvalue weighted by Gasteiger charge is -2.32. The maximum absolute atomic E-state index is 12.7. The highest BCUT2D eigenvalue weighted by Crippen LogP contribution is 2.22. The Labute approximate surface area is 164 Å². The van der Waals surface area contributed by atoms with E-state index < -0.39 is 0 Å². The summed E-state index contributed by atoms with van der Waals surface area (Å²) in [5.41, 5.74) is 1.29. The summed E-state index contributed by atoms with van der Waals surface area (Å²) < 4.78 is 5.60. The lowest BCUT2D eigenvalue weighted by atomic mass is 9.93. The van der Waals surface area contributed by atoms with Gasteiger partial charge in [0.15, 0.2) is 0 Å². The molecule has 1 N–H and O–H groups in total. The van der Waals surface area contributed by atoms with Gasteiger partial charge in [-0.1, -0.05) is 44.2 Å². The fraction of sp³-hybridized carbons (Fsp3) is 0.696. The normalized spacial score (nSPS) is 20.6. The first-order valence-electron chi connectivity index (χ1n) is 11.0. The van der Waals surface area contributed by atoms with Crippen molar-refractivity contribution in [1.29, 1.82) is 0 Å². The molecule has 0 aromatic heterocycles. The Morgan fingerprint density at radius 3 is 2.48 bits per heavy atom. The molecule has 4 heteroatoms. The van der Waals surface area contributed by atoms with Crippen LogP contribution in [0.1, 0.15) is 70.3 Å². The Balaban J connectivity index is 1.42. The molecule has 1 aliphatic carbocycles. The maximum Gasteiger partial charge on any atom is 0.223 e. The zero-order chi connectivity index (χ0) is 18.9. The molecule has 1 aromatic rings. The fourth-order valence-corrected chi connectivity index (χ4v) is 4.43. The molecule has 1 aromatic carbocycles. The highest BCUT2D eigenvalue weighted by molar-refractivity contribution is 5.79. The van der Waals surface area contributed by atoms with Crippen molar-refractivity contribution in [2.75, 3.05) is 19.7 Å². The third-order valence-electron chi connectivity index (χ3n) is 6.03. The zero-order valence-electron chi connectivity index (χ0n) is 16.9. The van der Waals surface area contributed by atoms with Crippen molar-refractivity contribution < 1.29 is 9.53 Å². The molecule has 1 saturated carbocycles. The summed E-state index contributed by atoms with van der Waals surface area (Å²) >= 11 is 0. The van der Waals surface area contributed by atoms with E-state index in [1.165, 1.54) is 50.5 Å². The Bertz CT molecular complexity index is 573. The molecule has 150 valence electrons. The summed E-state index contributed by atoms with van der Waals surface area (Å²) in [4.78, 5) is 15.2. The van der Waals surface area contributed by atoms with Crippen LogP contribution in [0.2, 0.25) is 0 Å². The third-order valence-corrected chi connectivity index (χ3v) is 6.03. The molecular weight excluding hydrogens is 336 g/mol. The van der Waals surface area contributed by atoms with E-state index in [1.54, 1.807) is 0 Å². The van der Waals surface area contributed by atoms with E-state index in [9.17, 15) is 4.79 Å². The number of nitrogens with one attached hydrogen (secondary N) is 1. The minimum absolute atomic E-state index is 0.196. The van der Waals surface area contributed by atoms with Gasteiger partial charge < -0.3 is 10.1 Å². The van der Waals surface area contributed by atoms with Crippen molar-refractivity contribution in [2.24, 2.45) is 5.92 Å². The van der Waals surface area contributed by atoms with Gasteiger partial charge in [0.2, 0.25) is 5.91 Å². The van der Waals surface area contributed by atoms with Gasteiger partial charge in [-0.25, -0.2) is 0 Å². The average molecular weight is 373 g/mol. The summed E-state index contributed by atoms with van der Waals surface area (Å²) in [5, 5.41) is 3.37. The number of rotatable bonds is 6. The van der Waals surface area contributed by atoms with E-state index in [1.807, 2.05) is 13.0 Å². The zero-order valence-corrected chi connectivity index (χ0v) is 16.9. The molecule has 2 fully saturated rings. The van der Waals surface area contributed by atoms with Crippen molar-refractivity contribution in [1.82, 2.24) is 10.2 Å². The van der Waals surface area contributed by atoms with Crippen LogP contribution in [0.4, 0.5) is 0 Å². The maximum atomic E-state index is 12.7. The van der Waals surface area contributed by atoms with Crippen LogP contribution in [0, 0.1) is 5.92 Å². The Kier molecular flexibility index (Phi) is 8.00. The minimum Gasteiger partial charge on any atom is -0.494 e. The van der Waals surface area contributed by atoms with Gasteiger partial charge in [0.05, 0.1) is 6.61 Å². The van der Waals surface area contributed by atoms with E-state index in [0.29, 0.717) is 18.6 Å². The molecule has 4 nitrogen and oxygen atoms in total. The number of carbonyl (C=O) groups is 1. The predicted octanol–water partition coefficient (Wildman–Crippen LogP) is 4.53. The van der Waals surface area contributed by atoms with Crippen LogP contribution in [0.25, 0.3) is 0 Å². The monoisotopic (exact) mass is 372 g/mol. The van der Waals surface area contributed by atoms with E-state index in [-0.39, 0.29) is 5.92 Å². The van der Waals surface area contributed by atoms with E-state index in [2.05, 4.69) is 28.4 Å². The number of ether oxygens (including phenoxy) is 1. The predicted molar refractivity (Wildman–Crippen MR) is 110 cm³/mol. The van der Waals surface area contributed by atoms with Crippen molar-refractivity contribution in [3.05, 3.63) is 29.8 Å². The first kappa shape index (κ1) is 20.2. The third kappa shape index (κ3) is 6.53. The van der Waals surface area contributed by atoms with Gasteiger partial charge in [-0.05, 0) is 63.4 Å². The van der Waals surface area contributed by atoms with Gasteiger partial charge in [0.1, 0.15) is 5.75 Å². The van der Waals surface area contributed by atoms with Gasteiger partial charge in [0, 0.05) is 18.5 Å². The second-order valence-electron chi connectivity index (χ2n) is 8.18. The molecule has 1 saturated heterocycles. The standard InChI is InChI=1S/C23H36N2O2/c1-2-27-22-12-8-9-19(17-22)18-25-15-13-20(14-16-25)23(26)24-21-10-6-4-3-5-7-11-21/h8-9,12,17,20-21H,2-7,10-11,13-16,18H2,1H3,(H,24,26). The quantitative estimate of drug-likeness (QED) is 0.798. The first-order chi connectivity index (χ1) is 13.2. The number of carbonyl (C=O) groups excluding carboxylic acids is 1. The van der Waals surface area contributed by atoms with Crippen molar-refractivity contribution >= 4 is 5.91 Å². The van der Waals surface area contributed by atoms with Crippen LogP contribution < -0.4 is 10.1 Å². The molecular formula is C23H36N2O2. The lowest BCUT2D eigenvalue weighted by Crippen LogP contribution is -2.43. The first-order valence-corrected chi connectivity index (χ1v) is 11.0. The second kappa shape index (κ2) is 10.7. The Morgan fingerprint density at radius 1 is 1.07 bits per heavy atom. The molecule has 0 spiro atoms. The molecule has 0 unspecified atom stereocenters. The molecule has 0 atom stereocenters. The van der Waals surface area contributed by atoms with Gasteiger partial charge in [0.25, 0.3) is 0 Å². The van der Waals surface area contributed by atoms with E-state index in [0.717, 1.165) is 38.2 Å². The van der Waals surface area contributed by atoms with Gasteiger partial charge in [-0.3, -0.25) is 9.69 Å². The molecule has 0 bridgehead atoms. The van der Waals surface area contributed by atoms with Gasteiger partial charge in [-0.15, -0.1) is 0 Å². The van der Waals surface area contributed by atoms with Crippen LogP contribution in [0.15, 0.2) is 24.3 Å². The van der Waals surface area contributed by atoms with Crippen LogP contribution in [-0.2, 0) is 11.3 Å². The average Bonchev–Trinajstić information content (AvgIpc) is 2.65. The van der Waals surface area contributed by atoms with Gasteiger partial charge >= 0.3 is 0 Å².